The lowest BCUT2D eigenvalue weighted by Crippen LogP contribution is -2.32. The summed E-state index contributed by atoms with van der Waals surface area (Å²) in [6.45, 7) is 3.30. The lowest BCUT2D eigenvalue weighted by Gasteiger charge is -2.19. The van der Waals surface area contributed by atoms with Gasteiger partial charge < -0.3 is 5.32 Å². The highest BCUT2D eigenvalue weighted by Crippen LogP contribution is 2.53. The van der Waals surface area contributed by atoms with Crippen molar-refractivity contribution in [3.63, 3.8) is 0 Å². The average Bonchev–Trinajstić information content (AvgIpc) is 3.15. The van der Waals surface area contributed by atoms with E-state index in [9.17, 15) is 14.4 Å². The highest BCUT2D eigenvalue weighted by atomic mass is 16.2. The molecular formula is C18H18N2O3. The summed E-state index contributed by atoms with van der Waals surface area (Å²) in [5.74, 6) is -0.253. The van der Waals surface area contributed by atoms with Crippen LogP contribution in [0, 0.1) is 30.6 Å². The van der Waals surface area contributed by atoms with E-state index < -0.39 is 0 Å². The Balaban J connectivity index is 1.67. The molecule has 5 nitrogen and oxygen atoms in total. The number of carbonyl (C=O) groups excluding carboxylic acids is 3. The first-order valence-electron chi connectivity index (χ1n) is 7.92. The molecule has 0 radical (unpaired) electrons. The van der Waals surface area contributed by atoms with E-state index in [1.54, 1.807) is 18.2 Å². The number of hydrogen-bond donors (Lipinski definition) is 1. The lowest BCUT2D eigenvalue weighted by molar-refractivity contribution is -0.123. The number of amides is 3. The Bertz CT molecular complexity index is 738. The highest BCUT2D eigenvalue weighted by molar-refractivity contribution is 6.22. The fourth-order valence-electron chi connectivity index (χ4n) is 4.27. The number of nitrogens with one attached hydrogen (secondary N) is 1. The van der Waals surface area contributed by atoms with Crippen LogP contribution in [0.4, 0.5) is 11.4 Å². The zero-order valence-corrected chi connectivity index (χ0v) is 13.1. The van der Waals surface area contributed by atoms with Gasteiger partial charge in [-0.15, -0.1) is 0 Å². The van der Waals surface area contributed by atoms with Gasteiger partial charge in [-0.25, -0.2) is 0 Å². The molecule has 1 aliphatic heterocycles. The molecule has 1 saturated heterocycles. The third kappa shape index (κ3) is 1.96. The molecule has 3 amide bonds. The molecule has 1 aromatic rings. The van der Waals surface area contributed by atoms with Gasteiger partial charge >= 0.3 is 0 Å². The molecule has 1 heterocycles. The molecule has 2 bridgehead atoms. The van der Waals surface area contributed by atoms with Crippen molar-refractivity contribution in [2.75, 3.05) is 10.2 Å². The van der Waals surface area contributed by atoms with E-state index in [4.69, 9.17) is 0 Å². The molecule has 0 spiro atoms. The van der Waals surface area contributed by atoms with E-state index in [1.165, 1.54) is 11.8 Å². The summed E-state index contributed by atoms with van der Waals surface area (Å²) in [7, 11) is 0. The third-order valence-electron chi connectivity index (χ3n) is 5.25. The summed E-state index contributed by atoms with van der Waals surface area (Å²) in [5.41, 5.74) is 2.12. The van der Waals surface area contributed by atoms with Gasteiger partial charge in [0.15, 0.2) is 0 Å². The molecule has 4 atom stereocenters. The Hall–Kier alpha value is -2.43. The van der Waals surface area contributed by atoms with Crippen molar-refractivity contribution in [3.8, 4) is 0 Å². The maximum absolute atomic E-state index is 12.8. The molecule has 23 heavy (non-hydrogen) atoms. The van der Waals surface area contributed by atoms with Crippen molar-refractivity contribution in [1.29, 1.82) is 0 Å². The van der Waals surface area contributed by atoms with Crippen LogP contribution >= 0.6 is 0 Å². The fraction of sp³-hybridized carbons (Fsp3) is 0.389. The van der Waals surface area contributed by atoms with E-state index in [-0.39, 0.29) is 41.4 Å². The van der Waals surface area contributed by atoms with Gasteiger partial charge in [0.2, 0.25) is 17.7 Å². The third-order valence-corrected chi connectivity index (χ3v) is 5.25. The molecule has 1 saturated carbocycles. The first kappa shape index (κ1) is 14.2. The zero-order valence-electron chi connectivity index (χ0n) is 13.1. The first-order chi connectivity index (χ1) is 11.0. The number of imide groups is 1. The van der Waals surface area contributed by atoms with Gasteiger partial charge in [0.25, 0.3) is 0 Å². The number of carbonyl (C=O) groups is 3. The standard InChI is InChI=1S/C18H18N2O3/c1-9-7-13(5-6-14(9)19-10(2)21)20-17(22)15-11-3-4-12(8-11)16(15)18(20)23/h3-7,11-12,15-16H,8H2,1-2H3,(H,19,21)/t11-,12-,15-,16+/m1/s1. The van der Waals surface area contributed by atoms with Crippen molar-refractivity contribution in [1.82, 2.24) is 0 Å². The second-order valence-electron chi connectivity index (χ2n) is 6.69. The summed E-state index contributed by atoms with van der Waals surface area (Å²) >= 11 is 0. The predicted octanol–water partition coefficient (Wildman–Crippen LogP) is 2.26. The molecule has 5 heteroatoms. The van der Waals surface area contributed by atoms with Crippen LogP contribution in [0.5, 0.6) is 0 Å². The Labute approximate surface area is 134 Å². The largest absolute Gasteiger partial charge is 0.326 e. The number of fused-ring (bicyclic) bond motifs is 5. The van der Waals surface area contributed by atoms with Gasteiger partial charge in [0, 0.05) is 12.6 Å². The van der Waals surface area contributed by atoms with E-state index >= 15 is 0 Å². The van der Waals surface area contributed by atoms with Crippen LogP contribution in [-0.2, 0) is 14.4 Å². The minimum absolute atomic E-state index is 0.0801. The normalized spacial score (nSPS) is 31.0. The second-order valence-corrected chi connectivity index (χ2v) is 6.69. The SMILES string of the molecule is CC(=O)Nc1ccc(N2C(=O)[C@@H]3[C@H](C2=O)[C@@H]2C=C[C@@H]3C2)cc1C. The van der Waals surface area contributed by atoms with Gasteiger partial charge in [0.1, 0.15) is 0 Å². The topological polar surface area (TPSA) is 66.5 Å². The Morgan fingerprint density at radius 2 is 1.74 bits per heavy atom. The summed E-state index contributed by atoms with van der Waals surface area (Å²) in [4.78, 5) is 38.1. The van der Waals surface area contributed by atoms with Gasteiger partial charge in [-0.2, -0.15) is 0 Å². The van der Waals surface area contributed by atoms with Crippen molar-refractivity contribution in [2.45, 2.75) is 20.3 Å². The second kappa shape index (κ2) is 4.78. The van der Waals surface area contributed by atoms with Crippen molar-refractivity contribution >= 4 is 29.1 Å². The highest BCUT2D eigenvalue weighted by Gasteiger charge is 2.59. The maximum Gasteiger partial charge on any atom is 0.238 e. The summed E-state index contributed by atoms with van der Waals surface area (Å²) < 4.78 is 0. The van der Waals surface area contributed by atoms with E-state index in [0.29, 0.717) is 11.4 Å². The monoisotopic (exact) mass is 310 g/mol. The van der Waals surface area contributed by atoms with Gasteiger partial charge in [-0.1, -0.05) is 12.2 Å². The van der Waals surface area contributed by atoms with E-state index in [2.05, 4.69) is 17.5 Å². The number of rotatable bonds is 2. The van der Waals surface area contributed by atoms with Crippen LogP contribution in [0.3, 0.4) is 0 Å². The van der Waals surface area contributed by atoms with Crippen LogP contribution in [0.15, 0.2) is 30.4 Å². The summed E-state index contributed by atoms with van der Waals surface area (Å²) in [6.07, 6.45) is 5.11. The van der Waals surface area contributed by atoms with E-state index in [1.807, 2.05) is 6.92 Å². The number of hydrogen-bond acceptors (Lipinski definition) is 3. The van der Waals surface area contributed by atoms with Crippen LogP contribution in [-0.4, -0.2) is 17.7 Å². The van der Waals surface area contributed by atoms with Gasteiger partial charge in [-0.05, 0) is 48.9 Å². The summed E-state index contributed by atoms with van der Waals surface area (Å²) in [6, 6.07) is 5.26. The molecule has 0 unspecified atom stereocenters. The smallest absolute Gasteiger partial charge is 0.238 e. The number of aryl methyl sites for hydroxylation is 1. The van der Waals surface area contributed by atoms with E-state index in [0.717, 1.165) is 12.0 Å². The van der Waals surface area contributed by atoms with Gasteiger partial charge in [-0.3, -0.25) is 19.3 Å². The lowest BCUT2D eigenvalue weighted by atomic mass is 9.85. The minimum Gasteiger partial charge on any atom is -0.326 e. The molecule has 1 N–H and O–H groups in total. The predicted molar refractivity (Wildman–Crippen MR) is 85.7 cm³/mol. The number of benzene rings is 1. The first-order valence-corrected chi connectivity index (χ1v) is 7.92. The molecular weight excluding hydrogens is 292 g/mol. The van der Waals surface area contributed by atoms with Crippen LogP contribution in [0.2, 0.25) is 0 Å². The molecule has 1 aromatic carbocycles. The van der Waals surface area contributed by atoms with Crippen LogP contribution in [0.25, 0.3) is 0 Å². The van der Waals surface area contributed by atoms with Crippen molar-refractivity contribution < 1.29 is 14.4 Å². The number of allylic oxidation sites excluding steroid dienone is 2. The minimum atomic E-state index is -0.187. The Morgan fingerprint density at radius 1 is 1.13 bits per heavy atom. The maximum atomic E-state index is 12.8. The van der Waals surface area contributed by atoms with Crippen molar-refractivity contribution in [2.24, 2.45) is 23.7 Å². The van der Waals surface area contributed by atoms with Crippen LogP contribution in [0.1, 0.15) is 18.9 Å². The van der Waals surface area contributed by atoms with Crippen LogP contribution < -0.4 is 10.2 Å². The molecule has 118 valence electrons. The summed E-state index contributed by atoms with van der Waals surface area (Å²) in [5, 5.41) is 2.74. The molecule has 2 fully saturated rings. The molecule has 0 aromatic heterocycles. The molecule has 4 rings (SSSR count). The molecule has 3 aliphatic rings. The Kier molecular flexibility index (Phi) is 2.95. The average molecular weight is 310 g/mol. The number of nitrogens with zero attached hydrogens (tertiary/aromatic N) is 1. The zero-order chi connectivity index (χ0) is 16.3. The molecule has 2 aliphatic carbocycles. The fourth-order valence-corrected chi connectivity index (χ4v) is 4.27. The van der Waals surface area contributed by atoms with Crippen molar-refractivity contribution in [3.05, 3.63) is 35.9 Å². The Morgan fingerprint density at radius 3 is 2.26 bits per heavy atom. The van der Waals surface area contributed by atoms with Gasteiger partial charge in [0.05, 0.1) is 17.5 Å². The quantitative estimate of drug-likeness (QED) is 0.673. The number of anilines is 2.